The summed E-state index contributed by atoms with van der Waals surface area (Å²) in [6.07, 6.45) is 1.71. The number of aromatic nitrogens is 1. The van der Waals surface area contributed by atoms with Gasteiger partial charge in [0.05, 0.1) is 11.9 Å². The third-order valence-corrected chi connectivity index (χ3v) is 1.64. The average molecular weight is 190 g/mol. The number of nitrogens with one attached hydrogen (secondary N) is 1. The first kappa shape index (κ1) is 10.6. The van der Waals surface area contributed by atoms with Crippen molar-refractivity contribution in [2.24, 2.45) is 0 Å². The Morgan fingerprint density at radius 3 is 2.93 bits per heavy atom. The van der Waals surface area contributed by atoms with Gasteiger partial charge in [-0.15, -0.1) is 5.92 Å². The smallest absolute Gasteiger partial charge is 0.149 e. The molecule has 0 aliphatic heterocycles. The van der Waals surface area contributed by atoms with Crippen molar-refractivity contribution in [3.05, 3.63) is 24.0 Å². The molecule has 1 aromatic rings. The second-order valence-corrected chi connectivity index (χ2v) is 2.73. The molecular weight excluding hydrogens is 176 g/mol. The molecule has 3 heteroatoms. The molecule has 0 saturated carbocycles. The van der Waals surface area contributed by atoms with Crippen LogP contribution in [-0.2, 0) is 6.54 Å². The highest BCUT2D eigenvalue weighted by Crippen LogP contribution is 2.08. The first-order valence-electron chi connectivity index (χ1n) is 4.48. The Hall–Kier alpha value is -1.53. The number of rotatable bonds is 4. The van der Waals surface area contributed by atoms with Gasteiger partial charge in [0.25, 0.3) is 0 Å². The Balaban J connectivity index is 2.49. The fourth-order valence-corrected chi connectivity index (χ4v) is 0.974. The van der Waals surface area contributed by atoms with Crippen molar-refractivity contribution >= 4 is 0 Å². The second-order valence-electron chi connectivity index (χ2n) is 2.73. The minimum Gasteiger partial charge on any atom is -0.479 e. The van der Waals surface area contributed by atoms with Crippen LogP contribution in [0.4, 0.5) is 0 Å². The molecule has 3 nitrogen and oxygen atoms in total. The lowest BCUT2D eigenvalue weighted by Crippen LogP contribution is -2.06. The van der Waals surface area contributed by atoms with E-state index < -0.39 is 0 Å². The van der Waals surface area contributed by atoms with Crippen LogP contribution in [0.3, 0.4) is 0 Å². The number of ether oxygens (including phenoxy) is 1. The van der Waals surface area contributed by atoms with Gasteiger partial charge in [0.15, 0.2) is 0 Å². The molecule has 0 spiro atoms. The van der Waals surface area contributed by atoms with Gasteiger partial charge in [0.2, 0.25) is 0 Å². The molecule has 1 rings (SSSR count). The van der Waals surface area contributed by atoms with Gasteiger partial charge in [-0.1, -0.05) is 5.92 Å². The predicted molar refractivity (Wildman–Crippen MR) is 55.9 cm³/mol. The van der Waals surface area contributed by atoms with Gasteiger partial charge < -0.3 is 10.1 Å². The average Bonchev–Trinajstić information content (AvgIpc) is 2.21. The second kappa shape index (κ2) is 6.01. The summed E-state index contributed by atoms with van der Waals surface area (Å²) in [7, 11) is 1.89. The maximum absolute atomic E-state index is 5.32. The lowest BCUT2D eigenvalue weighted by Gasteiger charge is -2.02. The van der Waals surface area contributed by atoms with Gasteiger partial charge in [-0.25, -0.2) is 0 Å². The molecule has 0 unspecified atom stereocenters. The number of hydrogen-bond acceptors (Lipinski definition) is 3. The fraction of sp³-hybridized carbons (Fsp3) is 0.364. The van der Waals surface area contributed by atoms with Crippen molar-refractivity contribution in [1.29, 1.82) is 0 Å². The molecule has 0 bridgehead atoms. The minimum absolute atomic E-state index is 0.420. The van der Waals surface area contributed by atoms with E-state index in [1.807, 2.05) is 19.2 Å². The zero-order valence-corrected chi connectivity index (χ0v) is 8.50. The summed E-state index contributed by atoms with van der Waals surface area (Å²) in [5.74, 6) is 6.35. The molecule has 0 aromatic carbocycles. The maximum atomic E-state index is 5.32. The van der Waals surface area contributed by atoms with E-state index in [2.05, 4.69) is 22.1 Å². The molecule has 74 valence electrons. The van der Waals surface area contributed by atoms with Crippen LogP contribution in [0, 0.1) is 11.8 Å². The predicted octanol–water partition coefficient (Wildman–Crippen LogP) is 1.20. The first-order chi connectivity index (χ1) is 6.86. The van der Waals surface area contributed by atoms with Crippen LogP contribution in [0.15, 0.2) is 18.3 Å². The summed E-state index contributed by atoms with van der Waals surface area (Å²) >= 11 is 0. The van der Waals surface area contributed by atoms with Gasteiger partial charge in [-0.05, 0) is 26.1 Å². The number of nitrogens with zero attached hydrogens (tertiary/aromatic N) is 1. The van der Waals surface area contributed by atoms with E-state index in [-0.39, 0.29) is 0 Å². The Morgan fingerprint density at radius 1 is 1.50 bits per heavy atom. The van der Waals surface area contributed by atoms with Crippen LogP contribution in [0.2, 0.25) is 0 Å². The lowest BCUT2D eigenvalue weighted by atomic mass is 10.3. The normalized spacial score (nSPS) is 9.00. The highest BCUT2D eigenvalue weighted by atomic mass is 16.5. The topological polar surface area (TPSA) is 34.1 Å². The molecule has 0 aliphatic rings. The van der Waals surface area contributed by atoms with Crippen LogP contribution in [0.1, 0.15) is 12.6 Å². The third kappa shape index (κ3) is 3.46. The minimum atomic E-state index is 0.420. The van der Waals surface area contributed by atoms with Crippen LogP contribution >= 0.6 is 0 Å². The number of pyridine rings is 1. The Kier molecular flexibility index (Phi) is 4.53. The molecule has 0 radical (unpaired) electrons. The van der Waals surface area contributed by atoms with E-state index in [1.165, 1.54) is 0 Å². The van der Waals surface area contributed by atoms with E-state index >= 15 is 0 Å². The van der Waals surface area contributed by atoms with Gasteiger partial charge in [0, 0.05) is 6.54 Å². The van der Waals surface area contributed by atoms with Gasteiger partial charge >= 0.3 is 0 Å². The van der Waals surface area contributed by atoms with Crippen LogP contribution in [-0.4, -0.2) is 18.6 Å². The summed E-state index contributed by atoms with van der Waals surface area (Å²) < 4.78 is 5.32. The zero-order chi connectivity index (χ0) is 10.2. The van der Waals surface area contributed by atoms with Crippen molar-refractivity contribution in [2.75, 3.05) is 13.7 Å². The molecule has 0 aliphatic carbocycles. The molecule has 1 aromatic heterocycles. The summed E-state index contributed by atoms with van der Waals surface area (Å²) in [6.45, 7) is 2.98. The summed E-state index contributed by atoms with van der Waals surface area (Å²) in [5.41, 5.74) is 1.00. The van der Waals surface area contributed by atoms with Gasteiger partial charge in [-0.2, -0.15) is 0 Å². The van der Waals surface area contributed by atoms with Gasteiger partial charge in [0.1, 0.15) is 12.4 Å². The Morgan fingerprint density at radius 2 is 2.36 bits per heavy atom. The third-order valence-electron chi connectivity index (χ3n) is 1.64. The van der Waals surface area contributed by atoms with Crippen LogP contribution in [0.5, 0.6) is 5.75 Å². The molecule has 0 amide bonds. The Labute approximate surface area is 84.5 Å². The largest absolute Gasteiger partial charge is 0.479 e. The van der Waals surface area contributed by atoms with Crippen LogP contribution in [0.25, 0.3) is 0 Å². The monoisotopic (exact) mass is 190 g/mol. The van der Waals surface area contributed by atoms with Gasteiger partial charge in [-0.3, -0.25) is 4.98 Å². The fourth-order valence-electron chi connectivity index (χ4n) is 0.974. The molecule has 0 saturated heterocycles. The molecular formula is C11H14N2O. The molecule has 1 heterocycles. The van der Waals surface area contributed by atoms with Crippen molar-refractivity contribution in [1.82, 2.24) is 10.3 Å². The van der Waals surface area contributed by atoms with E-state index in [9.17, 15) is 0 Å². The first-order valence-corrected chi connectivity index (χ1v) is 4.48. The highest BCUT2D eigenvalue weighted by Gasteiger charge is 1.94. The standard InChI is InChI=1S/C11H14N2O/c1-3-4-7-14-11-6-5-10(8-12-2)13-9-11/h5-6,9,12H,7-8H2,1-2H3. The maximum Gasteiger partial charge on any atom is 0.149 e. The molecule has 14 heavy (non-hydrogen) atoms. The lowest BCUT2D eigenvalue weighted by molar-refractivity contribution is 0.368. The van der Waals surface area contributed by atoms with E-state index in [4.69, 9.17) is 4.74 Å². The summed E-state index contributed by atoms with van der Waals surface area (Å²) in [5, 5.41) is 3.03. The van der Waals surface area contributed by atoms with Crippen LogP contribution < -0.4 is 10.1 Å². The summed E-state index contributed by atoms with van der Waals surface area (Å²) in [6, 6.07) is 3.84. The molecule has 1 N–H and O–H groups in total. The van der Waals surface area contributed by atoms with Crippen molar-refractivity contribution in [2.45, 2.75) is 13.5 Å². The summed E-state index contributed by atoms with van der Waals surface area (Å²) in [4.78, 5) is 4.21. The Bertz CT molecular complexity index is 321. The molecule has 0 atom stereocenters. The quantitative estimate of drug-likeness (QED) is 0.724. The van der Waals surface area contributed by atoms with Crippen molar-refractivity contribution < 1.29 is 4.74 Å². The van der Waals surface area contributed by atoms with E-state index in [0.29, 0.717) is 6.61 Å². The zero-order valence-electron chi connectivity index (χ0n) is 8.50. The van der Waals surface area contributed by atoms with Crippen molar-refractivity contribution in [3.63, 3.8) is 0 Å². The SMILES string of the molecule is CC#CCOc1ccc(CNC)nc1. The highest BCUT2D eigenvalue weighted by molar-refractivity contribution is 5.20. The van der Waals surface area contributed by atoms with E-state index in [1.54, 1.807) is 13.1 Å². The van der Waals surface area contributed by atoms with Crippen molar-refractivity contribution in [3.8, 4) is 17.6 Å². The van der Waals surface area contributed by atoms with E-state index in [0.717, 1.165) is 18.0 Å². The molecule has 0 fully saturated rings. The number of hydrogen-bond donors (Lipinski definition) is 1.